The fraction of sp³-hybridized carbons (Fsp3) is 0.625. The Kier molecular flexibility index (Phi) is 5.14. The maximum Gasteiger partial charge on any atom is 0.573 e. The zero-order valence-electron chi connectivity index (χ0n) is 12.4. The molecule has 118 valence electrons. The van der Waals surface area contributed by atoms with Gasteiger partial charge in [0.15, 0.2) is 0 Å². The maximum absolute atomic E-state index is 12.6. The van der Waals surface area contributed by atoms with Gasteiger partial charge in [-0.1, -0.05) is 31.5 Å². The summed E-state index contributed by atoms with van der Waals surface area (Å²) in [5.41, 5.74) is 0.682. The SMILES string of the molecule is CNCC1CCC(C)CC1c1ccccc1OC(F)(F)F. The maximum atomic E-state index is 12.6. The van der Waals surface area contributed by atoms with Gasteiger partial charge in [0, 0.05) is 0 Å². The molecular weight excluding hydrogens is 279 g/mol. The van der Waals surface area contributed by atoms with Crippen LogP contribution in [0.4, 0.5) is 13.2 Å². The van der Waals surface area contributed by atoms with Crippen molar-refractivity contribution < 1.29 is 17.9 Å². The first kappa shape index (κ1) is 16.1. The lowest BCUT2D eigenvalue weighted by Gasteiger charge is -2.36. The summed E-state index contributed by atoms with van der Waals surface area (Å²) in [6.45, 7) is 2.98. The van der Waals surface area contributed by atoms with Crippen molar-refractivity contribution in [3.63, 3.8) is 0 Å². The largest absolute Gasteiger partial charge is 0.573 e. The van der Waals surface area contributed by atoms with E-state index in [-0.39, 0.29) is 11.7 Å². The van der Waals surface area contributed by atoms with Gasteiger partial charge in [0.25, 0.3) is 0 Å². The van der Waals surface area contributed by atoms with E-state index in [1.807, 2.05) is 7.05 Å². The molecule has 1 aromatic carbocycles. The molecule has 0 saturated heterocycles. The van der Waals surface area contributed by atoms with E-state index in [2.05, 4.69) is 17.0 Å². The number of nitrogens with one attached hydrogen (secondary N) is 1. The van der Waals surface area contributed by atoms with Gasteiger partial charge in [-0.25, -0.2) is 0 Å². The van der Waals surface area contributed by atoms with Crippen LogP contribution in [0.25, 0.3) is 0 Å². The highest BCUT2D eigenvalue weighted by atomic mass is 19.4. The fourth-order valence-corrected chi connectivity index (χ4v) is 3.34. The van der Waals surface area contributed by atoms with Crippen LogP contribution in [0, 0.1) is 11.8 Å². The Morgan fingerprint density at radius 1 is 1.24 bits per heavy atom. The Morgan fingerprint density at radius 3 is 2.62 bits per heavy atom. The number of hydrogen-bond acceptors (Lipinski definition) is 2. The number of alkyl halides is 3. The Labute approximate surface area is 123 Å². The molecule has 21 heavy (non-hydrogen) atoms. The van der Waals surface area contributed by atoms with Gasteiger partial charge >= 0.3 is 6.36 Å². The van der Waals surface area contributed by atoms with Crippen molar-refractivity contribution in [2.24, 2.45) is 11.8 Å². The molecule has 0 bridgehead atoms. The second kappa shape index (κ2) is 6.69. The molecule has 0 aromatic heterocycles. The molecule has 2 nitrogen and oxygen atoms in total. The van der Waals surface area contributed by atoms with Crippen LogP contribution < -0.4 is 10.1 Å². The number of para-hydroxylation sites is 1. The topological polar surface area (TPSA) is 21.3 Å². The molecule has 0 spiro atoms. The van der Waals surface area contributed by atoms with Crippen molar-refractivity contribution in [3.05, 3.63) is 29.8 Å². The molecule has 1 aliphatic carbocycles. The molecule has 2 rings (SSSR count). The number of halogens is 3. The van der Waals surface area contributed by atoms with E-state index in [1.165, 1.54) is 6.07 Å². The van der Waals surface area contributed by atoms with E-state index in [4.69, 9.17) is 0 Å². The zero-order valence-corrected chi connectivity index (χ0v) is 12.4. The predicted octanol–water partition coefficient (Wildman–Crippen LogP) is 4.32. The first-order valence-electron chi connectivity index (χ1n) is 7.40. The van der Waals surface area contributed by atoms with Crippen molar-refractivity contribution in [2.75, 3.05) is 13.6 Å². The van der Waals surface area contributed by atoms with Crippen LogP contribution >= 0.6 is 0 Å². The summed E-state index contributed by atoms with van der Waals surface area (Å²) >= 11 is 0. The molecule has 0 aliphatic heterocycles. The van der Waals surface area contributed by atoms with Crippen molar-refractivity contribution in [2.45, 2.75) is 38.5 Å². The van der Waals surface area contributed by atoms with Gasteiger partial charge in [-0.05, 0) is 55.8 Å². The second-order valence-corrected chi connectivity index (χ2v) is 5.93. The van der Waals surface area contributed by atoms with Crippen LogP contribution in [0.15, 0.2) is 24.3 Å². The van der Waals surface area contributed by atoms with Crippen LogP contribution in [-0.4, -0.2) is 20.0 Å². The normalized spacial score (nSPS) is 26.6. The Morgan fingerprint density at radius 2 is 1.95 bits per heavy atom. The average molecular weight is 301 g/mol. The molecule has 1 fully saturated rings. The van der Waals surface area contributed by atoms with E-state index in [0.29, 0.717) is 17.4 Å². The highest BCUT2D eigenvalue weighted by Crippen LogP contribution is 2.44. The molecule has 0 heterocycles. The average Bonchev–Trinajstić information content (AvgIpc) is 2.40. The second-order valence-electron chi connectivity index (χ2n) is 5.93. The van der Waals surface area contributed by atoms with Gasteiger partial charge in [-0.3, -0.25) is 0 Å². The highest BCUT2D eigenvalue weighted by Gasteiger charge is 2.35. The van der Waals surface area contributed by atoms with Gasteiger partial charge in [-0.15, -0.1) is 13.2 Å². The lowest BCUT2D eigenvalue weighted by molar-refractivity contribution is -0.275. The van der Waals surface area contributed by atoms with E-state index >= 15 is 0 Å². The van der Waals surface area contributed by atoms with Crippen molar-refractivity contribution in [3.8, 4) is 5.75 Å². The lowest BCUT2D eigenvalue weighted by atomic mass is 9.71. The van der Waals surface area contributed by atoms with Crippen LogP contribution in [0.2, 0.25) is 0 Å². The molecule has 0 radical (unpaired) electrons. The smallest absolute Gasteiger partial charge is 0.405 e. The minimum atomic E-state index is -4.64. The standard InChI is InChI=1S/C16H22F3NO/c1-11-7-8-12(10-20-2)14(9-11)13-5-3-4-6-15(13)21-16(17,18)19/h3-6,11-12,14,20H,7-10H2,1-2H3. The zero-order chi connectivity index (χ0) is 15.5. The van der Waals surface area contributed by atoms with Crippen molar-refractivity contribution >= 4 is 0 Å². The summed E-state index contributed by atoms with van der Waals surface area (Å²) in [6.07, 6.45) is -1.57. The molecule has 0 amide bonds. The van der Waals surface area contributed by atoms with Gasteiger partial charge in [0.05, 0.1) is 0 Å². The van der Waals surface area contributed by atoms with Crippen LogP contribution in [0.1, 0.15) is 37.7 Å². The van der Waals surface area contributed by atoms with Gasteiger partial charge in [0.1, 0.15) is 5.75 Å². The van der Waals surface area contributed by atoms with E-state index in [0.717, 1.165) is 25.8 Å². The summed E-state index contributed by atoms with van der Waals surface area (Å²) in [6, 6.07) is 6.56. The van der Waals surface area contributed by atoms with Gasteiger partial charge in [0.2, 0.25) is 0 Å². The van der Waals surface area contributed by atoms with Crippen molar-refractivity contribution in [1.82, 2.24) is 5.32 Å². The van der Waals surface area contributed by atoms with E-state index in [1.54, 1.807) is 18.2 Å². The van der Waals surface area contributed by atoms with E-state index < -0.39 is 6.36 Å². The number of benzene rings is 1. The molecule has 1 saturated carbocycles. The van der Waals surface area contributed by atoms with Crippen molar-refractivity contribution in [1.29, 1.82) is 0 Å². The van der Waals surface area contributed by atoms with Crippen LogP contribution in [0.5, 0.6) is 5.75 Å². The molecule has 1 aliphatic rings. The Balaban J connectivity index is 2.29. The third kappa shape index (κ3) is 4.37. The number of rotatable bonds is 4. The third-order valence-corrected chi connectivity index (χ3v) is 4.27. The molecule has 1 N–H and O–H groups in total. The molecule has 3 atom stereocenters. The summed E-state index contributed by atoms with van der Waals surface area (Å²) in [5.74, 6) is 0.941. The van der Waals surface area contributed by atoms with Crippen LogP contribution in [0.3, 0.4) is 0 Å². The molecule has 1 aromatic rings. The van der Waals surface area contributed by atoms with Crippen LogP contribution in [-0.2, 0) is 0 Å². The third-order valence-electron chi connectivity index (χ3n) is 4.27. The molecular formula is C16H22F3NO. The fourth-order valence-electron chi connectivity index (χ4n) is 3.34. The molecule has 3 unspecified atom stereocenters. The summed E-state index contributed by atoms with van der Waals surface area (Å²) in [4.78, 5) is 0. The number of ether oxygens (including phenoxy) is 1. The Bertz CT molecular complexity index is 461. The minimum Gasteiger partial charge on any atom is -0.405 e. The highest BCUT2D eigenvalue weighted by molar-refractivity contribution is 5.37. The lowest BCUT2D eigenvalue weighted by Crippen LogP contribution is -2.30. The van der Waals surface area contributed by atoms with Gasteiger partial charge < -0.3 is 10.1 Å². The first-order chi connectivity index (χ1) is 9.90. The Hall–Kier alpha value is -1.23. The minimum absolute atomic E-state index is 0.0507. The summed E-state index contributed by atoms with van der Waals surface area (Å²) in [7, 11) is 1.88. The van der Waals surface area contributed by atoms with Gasteiger partial charge in [-0.2, -0.15) is 0 Å². The predicted molar refractivity (Wildman–Crippen MR) is 76.3 cm³/mol. The quantitative estimate of drug-likeness (QED) is 0.894. The number of hydrogen-bond donors (Lipinski definition) is 1. The van der Waals surface area contributed by atoms with E-state index in [9.17, 15) is 13.2 Å². The summed E-state index contributed by atoms with van der Waals surface area (Å²) in [5, 5.41) is 3.16. The monoisotopic (exact) mass is 301 g/mol. The first-order valence-corrected chi connectivity index (χ1v) is 7.40. The molecule has 5 heteroatoms. The summed E-state index contributed by atoms with van der Waals surface area (Å²) < 4.78 is 42.0.